The first-order valence-electron chi connectivity index (χ1n) is 9.02. The van der Waals surface area contributed by atoms with Crippen LogP contribution >= 0.6 is 27.5 Å². The van der Waals surface area contributed by atoms with Crippen LogP contribution in [0.2, 0.25) is 30.7 Å². The van der Waals surface area contributed by atoms with Gasteiger partial charge in [-0.05, 0) is 24.2 Å². The zero-order valence-corrected chi connectivity index (χ0v) is 19.5. The van der Waals surface area contributed by atoms with Crippen molar-refractivity contribution < 1.29 is 13.5 Å². The van der Waals surface area contributed by atoms with Gasteiger partial charge in [0, 0.05) is 37.3 Å². The maximum absolute atomic E-state index is 14.4. The molecule has 0 aliphatic carbocycles. The smallest absolute Gasteiger partial charge is 0.291 e. The maximum Gasteiger partial charge on any atom is 0.291 e. The van der Waals surface area contributed by atoms with Gasteiger partial charge in [-0.1, -0.05) is 60.5 Å². The monoisotopic (exact) mass is 478 g/mol. The summed E-state index contributed by atoms with van der Waals surface area (Å²) in [6.07, 6.45) is 1.52. The molecule has 3 nitrogen and oxygen atoms in total. The number of nitrogens with zero attached hydrogens (tertiary/aromatic N) is 2. The number of hydrogen-bond acceptors (Lipinski definition) is 2. The second-order valence-electron chi connectivity index (χ2n) is 7.85. The van der Waals surface area contributed by atoms with E-state index in [4.69, 9.17) is 16.3 Å². The lowest BCUT2D eigenvalue weighted by Gasteiger charge is -2.16. The van der Waals surface area contributed by atoms with Crippen LogP contribution < -0.4 is 0 Å². The first-order valence-corrected chi connectivity index (χ1v) is 13.9. The molecule has 27 heavy (non-hydrogen) atoms. The van der Waals surface area contributed by atoms with E-state index in [1.165, 1.54) is 6.20 Å². The van der Waals surface area contributed by atoms with Crippen LogP contribution in [0.5, 0.6) is 0 Å². The summed E-state index contributed by atoms with van der Waals surface area (Å²) < 4.78 is 37.1. The molecule has 0 bridgehead atoms. The number of aromatic nitrogens is 2. The van der Waals surface area contributed by atoms with Crippen molar-refractivity contribution >= 4 is 35.6 Å². The Morgan fingerprint density at radius 3 is 2.59 bits per heavy atom. The van der Waals surface area contributed by atoms with Crippen molar-refractivity contribution in [3.63, 3.8) is 0 Å². The van der Waals surface area contributed by atoms with Crippen molar-refractivity contribution in [2.24, 2.45) is 0 Å². The molecule has 0 amide bonds. The molecule has 0 saturated carbocycles. The van der Waals surface area contributed by atoms with Gasteiger partial charge in [0.1, 0.15) is 18.2 Å². The van der Waals surface area contributed by atoms with Crippen LogP contribution in [0, 0.1) is 0 Å². The Bertz CT molecular complexity index is 778. The van der Waals surface area contributed by atoms with Gasteiger partial charge in [-0.3, -0.25) is 0 Å². The molecule has 150 valence electrons. The molecule has 0 unspecified atom stereocenters. The van der Waals surface area contributed by atoms with Crippen molar-refractivity contribution in [3.05, 3.63) is 39.6 Å². The Morgan fingerprint density at radius 2 is 2.00 bits per heavy atom. The predicted octanol–water partition coefficient (Wildman–Crippen LogP) is 7.17. The first-order chi connectivity index (χ1) is 12.5. The summed E-state index contributed by atoms with van der Waals surface area (Å²) >= 11 is 9.70. The lowest BCUT2D eigenvalue weighted by molar-refractivity contribution is -0.0183. The van der Waals surface area contributed by atoms with E-state index in [-0.39, 0.29) is 18.8 Å². The van der Waals surface area contributed by atoms with Crippen LogP contribution in [-0.2, 0) is 17.4 Å². The number of rotatable bonds is 9. The second-order valence-corrected chi connectivity index (χ2v) is 14.8. The number of hydrogen-bond donors (Lipinski definition) is 0. The highest BCUT2D eigenvalue weighted by Gasteiger charge is 2.34. The second kappa shape index (κ2) is 9.16. The maximum atomic E-state index is 14.4. The van der Waals surface area contributed by atoms with Crippen molar-refractivity contribution in [1.82, 2.24) is 9.55 Å². The predicted molar refractivity (Wildman–Crippen MR) is 113 cm³/mol. The van der Waals surface area contributed by atoms with E-state index >= 15 is 0 Å². The number of alkyl halides is 2. The Kier molecular flexibility index (Phi) is 7.64. The van der Waals surface area contributed by atoms with Gasteiger partial charge in [0.25, 0.3) is 5.92 Å². The minimum atomic E-state index is -2.98. The molecule has 0 spiro atoms. The van der Waals surface area contributed by atoms with Gasteiger partial charge >= 0.3 is 0 Å². The number of ether oxygens (including phenoxy) is 1. The van der Waals surface area contributed by atoms with Crippen LogP contribution in [-0.4, -0.2) is 24.2 Å². The largest absolute Gasteiger partial charge is 0.361 e. The molecular formula is C19H26BrClF2N2OSi. The molecule has 2 rings (SSSR count). The third kappa shape index (κ3) is 6.37. The fourth-order valence-corrected chi connectivity index (χ4v) is 4.07. The number of imidazole rings is 1. The fourth-order valence-electron chi connectivity index (χ4n) is 2.56. The molecule has 1 heterocycles. The molecular weight excluding hydrogens is 454 g/mol. The van der Waals surface area contributed by atoms with E-state index in [9.17, 15) is 8.78 Å². The zero-order chi connectivity index (χ0) is 20.2. The minimum absolute atomic E-state index is 0.168. The summed E-state index contributed by atoms with van der Waals surface area (Å²) in [5.74, 6) is -2.58. The fraction of sp³-hybridized carbons (Fsp3) is 0.526. The summed E-state index contributed by atoms with van der Waals surface area (Å²) in [7, 11) is -1.22. The van der Waals surface area contributed by atoms with Crippen molar-refractivity contribution in [2.45, 2.75) is 58.1 Å². The Balaban J connectivity index is 2.33. The van der Waals surface area contributed by atoms with Crippen LogP contribution in [0.1, 0.15) is 25.5 Å². The van der Waals surface area contributed by atoms with Gasteiger partial charge in [0.05, 0.1) is 5.02 Å². The average molecular weight is 480 g/mol. The van der Waals surface area contributed by atoms with Crippen LogP contribution in [0.3, 0.4) is 0 Å². The summed E-state index contributed by atoms with van der Waals surface area (Å²) in [5.41, 5.74) is 0.361. The Hall–Kier alpha value is -0.763. The number of benzene rings is 1. The summed E-state index contributed by atoms with van der Waals surface area (Å²) in [6, 6.07) is 6.33. The lowest BCUT2D eigenvalue weighted by Crippen LogP contribution is -2.22. The van der Waals surface area contributed by atoms with Crippen LogP contribution in [0.25, 0.3) is 11.4 Å². The average Bonchev–Trinajstić information content (AvgIpc) is 2.95. The van der Waals surface area contributed by atoms with E-state index in [1.807, 2.05) is 6.07 Å². The third-order valence-electron chi connectivity index (χ3n) is 4.11. The van der Waals surface area contributed by atoms with Crippen molar-refractivity contribution in [1.29, 1.82) is 0 Å². The van der Waals surface area contributed by atoms with E-state index in [0.29, 0.717) is 29.4 Å². The molecule has 8 heteroatoms. The van der Waals surface area contributed by atoms with Crippen LogP contribution in [0.15, 0.2) is 28.9 Å². The van der Waals surface area contributed by atoms with Gasteiger partial charge in [-0.2, -0.15) is 8.78 Å². The highest BCUT2D eigenvalue weighted by atomic mass is 79.9. The normalized spacial score (nSPS) is 12.6. The summed E-state index contributed by atoms with van der Waals surface area (Å²) in [5, 5.41) is 0.448. The highest BCUT2D eigenvalue weighted by molar-refractivity contribution is 9.10. The van der Waals surface area contributed by atoms with Crippen molar-refractivity contribution in [2.75, 3.05) is 6.61 Å². The lowest BCUT2D eigenvalue weighted by atomic mass is 10.1. The Morgan fingerprint density at radius 1 is 1.30 bits per heavy atom. The van der Waals surface area contributed by atoms with Gasteiger partial charge in [-0.15, -0.1) is 0 Å². The van der Waals surface area contributed by atoms with Gasteiger partial charge in [0.15, 0.2) is 0 Å². The van der Waals surface area contributed by atoms with Gasteiger partial charge in [0.2, 0.25) is 0 Å². The first kappa shape index (κ1) is 22.5. The third-order valence-corrected chi connectivity index (χ3v) is 6.62. The summed E-state index contributed by atoms with van der Waals surface area (Å²) in [4.78, 5) is 4.23. The standard InChI is InChI=1S/C19H26BrClF2N2OSi/c1-5-8-19(22,23)17-12-25(13-26-9-10-27(2,3)4)18(24-17)15-7-6-14(20)11-16(15)21/h6-7,11-12H,5,8-10,13H2,1-4H3. The molecule has 0 aliphatic heterocycles. The van der Waals surface area contributed by atoms with E-state index in [0.717, 1.165) is 10.5 Å². The molecule has 0 saturated heterocycles. The molecule has 2 aromatic rings. The molecule has 0 atom stereocenters. The van der Waals surface area contributed by atoms with Gasteiger partial charge in [-0.25, -0.2) is 4.98 Å². The molecule has 1 aromatic carbocycles. The zero-order valence-electron chi connectivity index (χ0n) is 16.2. The van der Waals surface area contributed by atoms with Crippen LogP contribution in [0.4, 0.5) is 8.78 Å². The SMILES string of the molecule is CCCC(F)(F)c1cn(COCC[Si](C)(C)C)c(-c2ccc(Br)cc2Cl)n1. The van der Waals surface area contributed by atoms with E-state index in [1.54, 1.807) is 23.6 Å². The van der Waals surface area contributed by atoms with E-state index in [2.05, 4.69) is 40.6 Å². The van der Waals surface area contributed by atoms with Gasteiger partial charge < -0.3 is 9.30 Å². The highest BCUT2D eigenvalue weighted by Crippen LogP contribution is 2.36. The molecule has 0 aliphatic rings. The molecule has 0 radical (unpaired) electrons. The number of halogens is 4. The minimum Gasteiger partial charge on any atom is -0.361 e. The molecule has 0 N–H and O–H groups in total. The Labute approximate surface area is 174 Å². The van der Waals surface area contributed by atoms with Crippen molar-refractivity contribution in [3.8, 4) is 11.4 Å². The molecule has 0 fully saturated rings. The summed E-state index contributed by atoms with van der Waals surface area (Å²) in [6.45, 7) is 9.30. The quantitative estimate of drug-likeness (QED) is 0.281. The molecule has 1 aromatic heterocycles. The van der Waals surface area contributed by atoms with E-state index < -0.39 is 14.0 Å². The topological polar surface area (TPSA) is 27.1 Å².